The Bertz CT molecular complexity index is 1010. The van der Waals surface area contributed by atoms with Crippen molar-refractivity contribution < 1.29 is 9.53 Å². The van der Waals surface area contributed by atoms with Crippen LogP contribution in [0.15, 0.2) is 30.7 Å². The number of methoxy groups -OCH3 is 1. The van der Waals surface area contributed by atoms with Gasteiger partial charge in [-0.25, -0.2) is 14.8 Å². The first-order valence-corrected chi connectivity index (χ1v) is 9.99. The number of rotatable bonds is 4. The van der Waals surface area contributed by atoms with Crippen LogP contribution in [0.1, 0.15) is 43.2 Å². The van der Waals surface area contributed by atoms with Crippen molar-refractivity contribution in [1.29, 1.82) is 0 Å². The van der Waals surface area contributed by atoms with Crippen LogP contribution in [0.5, 0.6) is 0 Å². The van der Waals surface area contributed by atoms with Gasteiger partial charge in [-0.2, -0.15) is 0 Å². The second kappa shape index (κ2) is 7.87. The molecule has 0 atom stereocenters. The van der Waals surface area contributed by atoms with E-state index in [0.717, 1.165) is 29.1 Å². The average Bonchev–Trinajstić information content (AvgIpc) is 3.11. The Labute approximate surface area is 168 Å². The molecule has 0 bridgehead atoms. The number of fused-ring (bicyclic) bond motifs is 1. The van der Waals surface area contributed by atoms with Gasteiger partial charge in [0.2, 0.25) is 5.82 Å². The summed E-state index contributed by atoms with van der Waals surface area (Å²) in [4.78, 5) is 25.2. The largest absolute Gasteiger partial charge is 0.463 e. The van der Waals surface area contributed by atoms with E-state index in [0.29, 0.717) is 16.6 Å². The maximum Gasteiger partial charge on any atom is 0.376 e. The number of nitrogens with zero attached hydrogens (tertiary/aromatic N) is 4. The lowest BCUT2D eigenvalue weighted by molar-refractivity contribution is 0.0587. The molecule has 3 aromatic rings. The quantitative estimate of drug-likeness (QED) is 0.592. The molecule has 146 valence electrons. The van der Waals surface area contributed by atoms with Crippen molar-refractivity contribution in [2.45, 2.75) is 39.2 Å². The summed E-state index contributed by atoms with van der Waals surface area (Å²) < 4.78 is 7.03. The minimum absolute atomic E-state index is 0.0363. The summed E-state index contributed by atoms with van der Waals surface area (Å²) in [6.45, 7) is 3.24. The van der Waals surface area contributed by atoms with Gasteiger partial charge in [0.15, 0.2) is 0 Å². The molecule has 28 heavy (non-hydrogen) atoms. The molecule has 0 saturated heterocycles. The lowest BCUT2D eigenvalue weighted by Gasteiger charge is -2.26. The van der Waals surface area contributed by atoms with E-state index in [1.165, 1.54) is 32.8 Å². The molecular formula is C21H23ClN4O2. The molecule has 3 heterocycles. The Kier molecular flexibility index (Phi) is 5.31. The number of hydrogen-bond donors (Lipinski definition) is 0. The number of hydrogen-bond acceptors (Lipinski definition) is 5. The Morgan fingerprint density at radius 2 is 2.04 bits per heavy atom. The molecule has 0 spiro atoms. The average molecular weight is 399 g/mol. The number of carbonyl (C=O) groups is 1. The van der Waals surface area contributed by atoms with Gasteiger partial charge in [0.05, 0.1) is 23.2 Å². The SMILES string of the molecule is COC(=O)c1nc(-c2cncc(Cl)c2)c2c(ccn2CC2CCC(C)CC2)n1. The molecule has 0 aliphatic heterocycles. The molecule has 0 aromatic carbocycles. The van der Waals surface area contributed by atoms with Gasteiger partial charge in [0.1, 0.15) is 5.69 Å². The van der Waals surface area contributed by atoms with Crippen molar-refractivity contribution in [2.75, 3.05) is 7.11 Å². The number of halogens is 1. The third kappa shape index (κ3) is 3.74. The van der Waals surface area contributed by atoms with Gasteiger partial charge in [0, 0.05) is 30.7 Å². The number of pyridine rings is 1. The summed E-state index contributed by atoms with van der Waals surface area (Å²) in [7, 11) is 1.33. The van der Waals surface area contributed by atoms with Crippen LogP contribution in [0.4, 0.5) is 0 Å². The maximum atomic E-state index is 12.1. The summed E-state index contributed by atoms with van der Waals surface area (Å²) in [5.74, 6) is 0.926. The molecule has 1 saturated carbocycles. The predicted molar refractivity (Wildman–Crippen MR) is 108 cm³/mol. The van der Waals surface area contributed by atoms with E-state index in [-0.39, 0.29) is 5.82 Å². The summed E-state index contributed by atoms with van der Waals surface area (Å²) in [5, 5.41) is 0.517. The van der Waals surface area contributed by atoms with Crippen molar-refractivity contribution in [2.24, 2.45) is 11.8 Å². The van der Waals surface area contributed by atoms with Crippen LogP contribution in [0.3, 0.4) is 0 Å². The van der Waals surface area contributed by atoms with Gasteiger partial charge in [0.25, 0.3) is 0 Å². The van der Waals surface area contributed by atoms with Gasteiger partial charge in [-0.3, -0.25) is 4.98 Å². The smallest absolute Gasteiger partial charge is 0.376 e. The molecule has 1 aliphatic rings. The fourth-order valence-corrected chi connectivity index (χ4v) is 4.15. The molecular weight excluding hydrogens is 376 g/mol. The zero-order chi connectivity index (χ0) is 19.7. The van der Waals surface area contributed by atoms with E-state index < -0.39 is 5.97 Å². The summed E-state index contributed by atoms with van der Waals surface area (Å²) in [6, 6.07) is 3.73. The molecule has 0 N–H and O–H groups in total. The molecule has 1 fully saturated rings. The predicted octanol–water partition coefficient (Wildman–Crippen LogP) is 4.76. The van der Waals surface area contributed by atoms with Crippen molar-refractivity contribution >= 4 is 28.6 Å². The molecule has 4 rings (SSSR count). The Hall–Kier alpha value is -2.47. The third-order valence-electron chi connectivity index (χ3n) is 5.55. The van der Waals surface area contributed by atoms with Crippen molar-refractivity contribution in [1.82, 2.24) is 19.5 Å². The molecule has 0 radical (unpaired) electrons. The van der Waals surface area contributed by atoms with Crippen LogP contribution in [0, 0.1) is 11.8 Å². The zero-order valence-electron chi connectivity index (χ0n) is 16.1. The second-order valence-electron chi connectivity index (χ2n) is 7.61. The first-order chi connectivity index (χ1) is 13.5. The molecule has 0 amide bonds. The van der Waals surface area contributed by atoms with E-state index in [2.05, 4.69) is 26.4 Å². The zero-order valence-corrected chi connectivity index (χ0v) is 16.8. The number of ether oxygens (including phenoxy) is 1. The molecule has 1 aliphatic carbocycles. The topological polar surface area (TPSA) is 69.9 Å². The van der Waals surface area contributed by atoms with Gasteiger partial charge in [-0.1, -0.05) is 31.4 Å². The molecule has 7 heteroatoms. The van der Waals surface area contributed by atoms with Crippen LogP contribution >= 0.6 is 11.6 Å². The van der Waals surface area contributed by atoms with E-state index in [9.17, 15) is 4.79 Å². The van der Waals surface area contributed by atoms with Gasteiger partial charge < -0.3 is 9.30 Å². The van der Waals surface area contributed by atoms with E-state index in [4.69, 9.17) is 16.3 Å². The summed E-state index contributed by atoms with van der Waals surface area (Å²) in [6.07, 6.45) is 10.3. The third-order valence-corrected chi connectivity index (χ3v) is 5.75. The van der Waals surface area contributed by atoms with Crippen LogP contribution in [-0.4, -0.2) is 32.6 Å². The first-order valence-electron chi connectivity index (χ1n) is 9.61. The van der Waals surface area contributed by atoms with Crippen molar-refractivity contribution in [3.63, 3.8) is 0 Å². The van der Waals surface area contributed by atoms with Gasteiger partial charge >= 0.3 is 5.97 Å². The van der Waals surface area contributed by atoms with Crippen LogP contribution in [-0.2, 0) is 11.3 Å². The Morgan fingerprint density at radius 1 is 1.25 bits per heavy atom. The fourth-order valence-electron chi connectivity index (χ4n) is 3.97. The van der Waals surface area contributed by atoms with E-state index in [1.807, 2.05) is 12.3 Å². The standard InChI is InChI=1S/C21H23ClN4O2/c1-13-3-5-14(6-4-13)12-26-8-7-17-19(26)18(15-9-16(22)11-23-10-15)25-20(24-17)21(27)28-2/h7-11,13-14H,3-6,12H2,1-2H3. The van der Waals surface area contributed by atoms with Crippen LogP contribution in [0.25, 0.3) is 22.3 Å². The van der Waals surface area contributed by atoms with Crippen molar-refractivity contribution in [3.05, 3.63) is 41.6 Å². The lowest BCUT2D eigenvalue weighted by Crippen LogP contribution is -2.17. The van der Waals surface area contributed by atoms with Crippen molar-refractivity contribution in [3.8, 4) is 11.3 Å². The Balaban J connectivity index is 1.81. The highest BCUT2D eigenvalue weighted by Gasteiger charge is 2.22. The summed E-state index contributed by atoms with van der Waals surface area (Å²) in [5.41, 5.74) is 3.02. The number of esters is 1. The fraction of sp³-hybridized carbons (Fsp3) is 0.429. The van der Waals surface area contributed by atoms with E-state index in [1.54, 1.807) is 18.5 Å². The monoisotopic (exact) mass is 398 g/mol. The minimum atomic E-state index is -0.563. The van der Waals surface area contributed by atoms with Gasteiger partial charge in [-0.05, 0) is 36.8 Å². The first kappa shape index (κ1) is 18.9. The second-order valence-corrected chi connectivity index (χ2v) is 8.04. The number of carbonyl (C=O) groups excluding carboxylic acids is 1. The summed E-state index contributed by atoms with van der Waals surface area (Å²) >= 11 is 6.15. The molecule has 0 unspecified atom stereocenters. The van der Waals surface area contributed by atoms with Gasteiger partial charge in [-0.15, -0.1) is 0 Å². The molecule has 6 nitrogen and oxygen atoms in total. The minimum Gasteiger partial charge on any atom is -0.463 e. The van der Waals surface area contributed by atoms with Crippen LogP contribution in [0.2, 0.25) is 5.02 Å². The normalized spacial score (nSPS) is 19.7. The highest BCUT2D eigenvalue weighted by atomic mass is 35.5. The molecule has 3 aromatic heterocycles. The van der Waals surface area contributed by atoms with E-state index >= 15 is 0 Å². The van der Waals surface area contributed by atoms with Crippen LogP contribution < -0.4 is 0 Å². The number of aromatic nitrogens is 4. The Morgan fingerprint density at radius 3 is 2.75 bits per heavy atom. The maximum absolute atomic E-state index is 12.1. The highest BCUT2D eigenvalue weighted by Crippen LogP contribution is 2.33. The lowest BCUT2D eigenvalue weighted by atomic mass is 9.83. The highest BCUT2D eigenvalue weighted by molar-refractivity contribution is 6.30.